The largest absolute Gasteiger partial charge is 0.343 e. The van der Waals surface area contributed by atoms with E-state index in [0.717, 1.165) is 24.2 Å². The van der Waals surface area contributed by atoms with E-state index in [1.807, 2.05) is 20.0 Å². The first-order valence-corrected chi connectivity index (χ1v) is 7.15. The van der Waals surface area contributed by atoms with Crippen molar-refractivity contribution in [2.75, 3.05) is 7.05 Å². The van der Waals surface area contributed by atoms with Gasteiger partial charge in [-0.2, -0.15) is 0 Å². The fraction of sp³-hybridized carbons (Fsp3) is 0.222. The second-order valence-electron chi connectivity index (χ2n) is 5.44. The monoisotopic (exact) mass is 282 g/mol. The van der Waals surface area contributed by atoms with Crippen molar-refractivity contribution < 1.29 is 4.39 Å². The summed E-state index contributed by atoms with van der Waals surface area (Å²) >= 11 is 0. The van der Waals surface area contributed by atoms with E-state index in [9.17, 15) is 4.39 Å². The summed E-state index contributed by atoms with van der Waals surface area (Å²) in [5, 5.41) is 4.41. The Morgan fingerprint density at radius 3 is 2.71 bits per heavy atom. The van der Waals surface area contributed by atoms with Crippen molar-refractivity contribution in [3.05, 3.63) is 71.2 Å². The van der Waals surface area contributed by atoms with E-state index < -0.39 is 0 Å². The number of nitrogens with zero attached hydrogens (tertiary/aromatic N) is 1. The number of halogens is 1. The smallest absolute Gasteiger partial charge is 0.123 e. The molecule has 1 N–H and O–H groups in total. The molecule has 21 heavy (non-hydrogen) atoms. The van der Waals surface area contributed by atoms with Crippen LogP contribution in [-0.4, -0.2) is 11.6 Å². The van der Waals surface area contributed by atoms with Crippen molar-refractivity contribution in [3.63, 3.8) is 0 Å². The Bertz CT molecular complexity index is 774. The number of hydrogen-bond acceptors (Lipinski definition) is 1. The summed E-state index contributed by atoms with van der Waals surface area (Å²) in [6.45, 7) is 3.58. The van der Waals surface area contributed by atoms with Gasteiger partial charge >= 0.3 is 0 Å². The van der Waals surface area contributed by atoms with Crippen LogP contribution in [0.15, 0.2) is 48.7 Å². The van der Waals surface area contributed by atoms with Crippen molar-refractivity contribution in [2.24, 2.45) is 0 Å². The Morgan fingerprint density at radius 1 is 1.10 bits per heavy atom. The first kappa shape index (κ1) is 13.8. The van der Waals surface area contributed by atoms with Crippen LogP contribution in [0.3, 0.4) is 0 Å². The van der Waals surface area contributed by atoms with Gasteiger partial charge < -0.3 is 9.88 Å². The fourth-order valence-electron chi connectivity index (χ4n) is 2.70. The summed E-state index contributed by atoms with van der Waals surface area (Å²) < 4.78 is 15.4. The molecule has 1 aromatic heterocycles. The van der Waals surface area contributed by atoms with Crippen LogP contribution in [0.1, 0.15) is 16.7 Å². The summed E-state index contributed by atoms with van der Waals surface area (Å²) in [7, 11) is 1.95. The quantitative estimate of drug-likeness (QED) is 0.769. The molecular weight excluding hydrogens is 263 g/mol. The normalized spacial score (nSPS) is 11.2. The van der Waals surface area contributed by atoms with Crippen LogP contribution in [0.2, 0.25) is 0 Å². The molecule has 0 fully saturated rings. The summed E-state index contributed by atoms with van der Waals surface area (Å²) in [5.41, 5.74) is 4.61. The van der Waals surface area contributed by atoms with Crippen LogP contribution in [0.25, 0.3) is 10.9 Å². The Morgan fingerprint density at radius 2 is 1.95 bits per heavy atom. The minimum atomic E-state index is -0.176. The number of hydrogen-bond donors (Lipinski definition) is 1. The van der Waals surface area contributed by atoms with E-state index in [2.05, 4.69) is 40.3 Å². The van der Waals surface area contributed by atoms with Gasteiger partial charge in [-0.1, -0.05) is 18.2 Å². The molecule has 0 atom stereocenters. The predicted octanol–water partition coefficient (Wildman–Crippen LogP) is 3.86. The van der Waals surface area contributed by atoms with Gasteiger partial charge in [-0.3, -0.25) is 0 Å². The van der Waals surface area contributed by atoms with Crippen LogP contribution < -0.4 is 5.32 Å². The van der Waals surface area contributed by atoms with E-state index in [-0.39, 0.29) is 5.82 Å². The molecule has 0 bridgehead atoms. The second kappa shape index (κ2) is 5.70. The molecule has 3 rings (SSSR count). The molecule has 0 saturated carbocycles. The van der Waals surface area contributed by atoms with Crippen molar-refractivity contribution in [3.8, 4) is 0 Å². The maximum absolute atomic E-state index is 13.2. The number of fused-ring (bicyclic) bond motifs is 1. The molecule has 0 unspecified atom stereocenters. The lowest BCUT2D eigenvalue weighted by atomic mass is 10.1. The molecule has 0 radical (unpaired) electrons. The molecule has 0 amide bonds. The molecular formula is C18H19FN2. The SMILES string of the molecule is CNCc1ccc2ccn(Cc3ccc(F)cc3C)c2c1. The van der Waals surface area contributed by atoms with Gasteiger partial charge in [-0.05, 0) is 60.3 Å². The van der Waals surface area contributed by atoms with Crippen molar-refractivity contribution in [1.29, 1.82) is 0 Å². The van der Waals surface area contributed by atoms with E-state index in [1.54, 1.807) is 6.07 Å². The standard InChI is InChI=1S/C18H19FN2/c1-13-9-17(19)6-5-16(13)12-21-8-7-15-4-3-14(11-20-2)10-18(15)21/h3-10,20H,11-12H2,1-2H3. The Hall–Kier alpha value is -2.13. The lowest BCUT2D eigenvalue weighted by Crippen LogP contribution is -2.05. The molecule has 2 nitrogen and oxygen atoms in total. The van der Waals surface area contributed by atoms with Gasteiger partial charge in [0.1, 0.15) is 5.82 Å². The van der Waals surface area contributed by atoms with E-state index >= 15 is 0 Å². The van der Waals surface area contributed by atoms with Crippen molar-refractivity contribution in [1.82, 2.24) is 9.88 Å². The Balaban J connectivity index is 1.98. The van der Waals surface area contributed by atoms with Crippen LogP contribution in [0, 0.1) is 12.7 Å². The molecule has 0 spiro atoms. The highest BCUT2D eigenvalue weighted by Crippen LogP contribution is 2.20. The molecule has 0 saturated heterocycles. The summed E-state index contributed by atoms with van der Waals surface area (Å²) in [6.07, 6.45) is 2.09. The highest BCUT2D eigenvalue weighted by atomic mass is 19.1. The Labute approximate surface area is 124 Å². The van der Waals surface area contributed by atoms with Crippen molar-refractivity contribution >= 4 is 10.9 Å². The lowest BCUT2D eigenvalue weighted by Gasteiger charge is -2.10. The molecule has 3 aromatic rings. The third kappa shape index (κ3) is 2.83. The van der Waals surface area contributed by atoms with E-state index in [0.29, 0.717) is 0 Å². The summed E-state index contributed by atoms with van der Waals surface area (Å²) in [5.74, 6) is -0.176. The molecule has 0 aliphatic rings. The minimum absolute atomic E-state index is 0.176. The number of rotatable bonds is 4. The fourth-order valence-corrected chi connectivity index (χ4v) is 2.70. The zero-order valence-corrected chi connectivity index (χ0v) is 12.4. The first-order chi connectivity index (χ1) is 10.2. The molecule has 2 aromatic carbocycles. The third-order valence-corrected chi connectivity index (χ3v) is 3.86. The lowest BCUT2D eigenvalue weighted by molar-refractivity contribution is 0.625. The second-order valence-corrected chi connectivity index (χ2v) is 5.44. The number of aryl methyl sites for hydroxylation is 1. The average molecular weight is 282 g/mol. The van der Waals surface area contributed by atoms with Crippen molar-refractivity contribution in [2.45, 2.75) is 20.0 Å². The van der Waals surface area contributed by atoms with Gasteiger partial charge in [0.25, 0.3) is 0 Å². The average Bonchev–Trinajstić information content (AvgIpc) is 2.85. The zero-order chi connectivity index (χ0) is 14.8. The number of benzene rings is 2. The predicted molar refractivity (Wildman–Crippen MR) is 84.9 cm³/mol. The van der Waals surface area contributed by atoms with E-state index in [4.69, 9.17) is 0 Å². The van der Waals surface area contributed by atoms with Gasteiger partial charge in [-0.15, -0.1) is 0 Å². The topological polar surface area (TPSA) is 17.0 Å². The van der Waals surface area contributed by atoms with E-state index in [1.165, 1.54) is 22.5 Å². The first-order valence-electron chi connectivity index (χ1n) is 7.15. The van der Waals surface area contributed by atoms with Gasteiger partial charge in [0.15, 0.2) is 0 Å². The highest BCUT2D eigenvalue weighted by Gasteiger charge is 2.05. The summed E-state index contributed by atoms with van der Waals surface area (Å²) in [6, 6.07) is 13.6. The summed E-state index contributed by atoms with van der Waals surface area (Å²) in [4.78, 5) is 0. The highest BCUT2D eigenvalue weighted by molar-refractivity contribution is 5.81. The zero-order valence-electron chi connectivity index (χ0n) is 12.4. The maximum atomic E-state index is 13.2. The number of aromatic nitrogens is 1. The van der Waals surface area contributed by atoms with Crippen LogP contribution in [0.4, 0.5) is 4.39 Å². The van der Waals surface area contributed by atoms with Gasteiger partial charge in [0, 0.05) is 24.8 Å². The number of nitrogens with one attached hydrogen (secondary N) is 1. The van der Waals surface area contributed by atoms with Crippen LogP contribution in [-0.2, 0) is 13.1 Å². The molecule has 1 heterocycles. The molecule has 0 aliphatic heterocycles. The van der Waals surface area contributed by atoms with Gasteiger partial charge in [0.05, 0.1) is 0 Å². The van der Waals surface area contributed by atoms with Gasteiger partial charge in [-0.25, -0.2) is 4.39 Å². The van der Waals surface area contributed by atoms with Gasteiger partial charge in [0.2, 0.25) is 0 Å². The van der Waals surface area contributed by atoms with Crippen LogP contribution >= 0.6 is 0 Å². The Kier molecular flexibility index (Phi) is 3.76. The molecule has 0 aliphatic carbocycles. The third-order valence-electron chi connectivity index (χ3n) is 3.86. The minimum Gasteiger partial charge on any atom is -0.343 e. The maximum Gasteiger partial charge on any atom is 0.123 e. The molecule has 3 heteroatoms. The van der Waals surface area contributed by atoms with Crippen LogP contribution in [0.5, 0.6) is 0 Å². The molecule has 108 valence electrons.